The SMILES string of the molecule is COc1ccc([C@H]2Cn3ccnc3CN2C(=O)c2ncoc2C)cc1. The molecule has 1 aliphatic rings. The number of carbonyl (C=O) groups excluding carboxylic acids is 1. The maximum absolute atomic E-state index is 13.1. The molecule has 7 nitrogen and oxygen atoms in total. The first-order valence-electron chi connectivity index (χ1n) is 8.02. The molecule has 0 bridgehead atoms. The van der Waals surface area contributed by atoms with Gasteiger partial charge in [0, 0.05) is 18.9 Å². The van der Waals surface area contributed by atoms with Crippen LogP contribution in [-0.2, 0) is 13.1 Å². The van der Waals surface area contributed by atoms with E-state index < -0.39 is 0 Å². The van der Waals surface area contributed by atoms with E-state index in [0.29, 0.717) is 24.5 Å². The van der Waals surface area contributed by atoms with Gasteiger partial charge < -0.3 is 18.6 Å². The zero-order chi connectivity index (χ0) is 17.4. The van der Waals surface area contributed by atoms with Crippen LogP contribution in [-0.4, -0.2) is 32.5 Å². The second kappa shape index (κ2) is 6.08. The van der Waals surface area contributed by atoms with Gasteiger partial charge in [0.05, 0.1) is 19.7 Å². The molecule has 4 rings (SSSR count). The summed E-state index contributed by atoms with van der Waals surface area (Å²) in [6.45, 7) is 2.81. The average molecular weight is 338 g/mol. The first-order chi connectivity index (χ1) is 12.2. The lowest BCUT2D eigenvalue weighted by Gasteiger charge is -2.36. The van der Waals surface area contributed by atoms with E-state index in [1.165, 1.54) is 6.39 Å². The van der Waals surface area contributed by atoms with Crippen LogP contribution in [0, 0.1) is 6.92 Å². The number of methoxy groups -OCH3 is 1. The Bertz CT molecular complexity index is 897. The predicted molar refractivity (Wildman–Crippen MR) is 89.1 cm³/mol. The van der Waals surface area contributed by atoms with Crippen molar-refractivity contribution >= 4 is 5.91 Å². The van der Waals surface area contributed by atoms with Crippen molar-refractivity contribution in [3.05, 3.63) is 65.9 Å². The van der Waals surface area contributed by atoms with Gasteiger partial charge in [-0.3, -0.25) is 4.79 Å². The Kier molecular flexibility index (Phi) is 3.76. The third kappa shape index (κ3) is 2.67. The van der Waals surface area contributed by atoms with Crippen LogP contribution in [0.15, 0.2) is 47.5 Å². The first kappa shape index (κ1) is 15.4. The lowest BCUT2D eigenvalue weighted by Crippen LogP contribution is -2.41. The van der Waals surface area contributed by atoms with Crippen LogP contribution < -0.4 is 4.74 Å². The Morgan fingerprint density at radius 2 is 2.08 bits per heavy atom. The fourth-order valence-electron chi connectivity index (χ4n) is 3.18. The lowest BCUT2D eigenvalue weighted by atomic mass is 10.0. The van der Waals surface area contributed by atoms with E-state index in [2.05, 4.69) is 14.5 Å². The summed E-state index contributed by atoms with van der Waals surface area (Å²) in [5, 5.41) is 0. The maximum atomic E-state index is 13.1. The van der Waals surface area contributed by atoms with Gasteiger partial charge in [-0.05, 0) is 24.6 Å². The number of fused-ring (bicyclic) bond motifs is 1. The van der Waals surface area contributed by atoms with Gasteiger partial charge in [0.1, 0.15) is 17.3 Å². The van der Waals surface area contributed by atoms with Gasteiger partial charge in [-0.15, -0.1) is 0 Å². The summed E-state index contributed by atoms with van der Waals surface area (Å²) < 4.78 is 12.5. The Hall–Kier alpha value is -3.09. The van der Waals surface area contributed by atoms with Crippen LogP contribution >= 0.6 is 0 Å². The summed E-state index contributed by atoms with van der Waals surface area (Å²) in [6.07, 6.45) is 5.00. The van der Waals surface area contributed by atoms with E-state index in [0.717, 1.165) is 17.1 Å². The van der Waals surface area contributed by atoms with Crippen LogP contribution in [0.25, 0.3) is 0 Å². The highest BCUT2D eigenvalue weighted by Crippen LogP contribution is 2.31. The van der Waals surface area contributed by atoms with Crippen molar-refractivity contribution in [1.29, 1.82) is 0 Å². The van der Waals surface area contributed by atoms with Crippen LogP contribution in [0.4, 0.5) is 0 Å². The second-order valence-electron chi connectivity index (χ2n) is 5.97. The number of aryl methyl sites for hydroxylation is 1. The Morgan fingerprint density at radius 1 is 1.28 bits per heavy atom. The van der Waals surface area contributed by atoms with Crippen LogP contribution in [0.2, 0.25) is 0 Å². The van der Waals surface area contributed by atoms with Gasteiger partial charge in [0.25, 0.3) is 5.91 Å². The lowest BCUT2D eigenvalue weighted by molar-refractivity contribution is 0.0577. The Labute approximate surface area is 144 Å². The monoisotopic (exact) mass is 338 g/mol. The number of rotatable bonds is 3. The minimum atomic E-state index is -0.152. The van der Waals surface area contributed by atoms with E-state index in [4.69, 9.17) is 9.15 Å². The van der Waals surface area contributed by atoms with Crippen LogP contribution in [0.1, 0.15) is 33.7 Å². The molecule has 0 fully saturated rings. The first-order valence-corrected chi connectivity index (χ1v) is 8.02. The zero-order valence-electron chi connectivity index (χ0n) is 14.0. The van der Waals surface area contributed by atoms with E-state index in [1.54, 1.807) is 25.1 Å². The molecule has 3 heterocycles. The number of imidazole rings is 1. The molecule has 1 aromatic carbocycles. The molecule has 25 heavy (non-hydrogen) atoms. The molecule has 0 radical (unpaired) electrons. The highest BCUT2D eigenvalue weighted by molar-refractivity contribution is 5.93. The summed E-state index contributed by atoms with van der Waals surface area (Å²) in [5.41, 5.74) is 1.38. The van der Waals surface area contributed by atoms with Gasteiger partial charge in [0.15, 0.2) is 12.1 Å². The molecule has 1 amide bonds. The van der Waals surface area contributed by atoms with Gasteiger partial charge in [0.2, 0.25) is 0 Å². The standard InChI is InChI=1S/C18H18N4O3/c1-12-17(20-11-25-12)18(23)22-10-16-19-7-8-21(16)9-15(22)13-3-5-14(24-2)6-4-13/h3-8,11,15H,9-10H2,1-2H3/t15-/m1/s1. The molecule has 0 unspecified atom stereocenters. The zero-order valence-corrected chi connectivity index (χ0v) is 14.0. The average Bonchev–Trinajstić information content (AvgIpc) is 3.28. The largest absolute Gasteiger partial charge is 0.497 e. The van der Waals surface area contributed by atoms with Gasteiger partial charge in [-0.2, -0.15) is 0 Å². The molecule has 1 atom stereocenters. The third-order valence-corrected chi connectivity index (χ3v) is 4.57. The molecule has 0 N–H and O–H groups in total. The second-order valence-corrected chi connectivity index (χ2v) is 5.97. The summed E-state index contributed by atoms with van der Waals surface area (Å²) in [4.78, 5) is 23.3. The fraction of sp³-hybridized carbons (Fsp3) is 0.278. The molecular formula is C18H18N4O3. The van der Waals surface area contributed by atoms with Crippen molar-refractivity contribution in [2.75, 3.05) is 7.11 Å². The number of hydrogen-bond acceptors (Lipinski definition) is 5. The predicted octanol–water partition coefficient (Wildman–Crippen LogP) is 2.59. The molecule has 7 heteroatoms. The molecule has 0 aliphatic carbocycles. The molecule has 0 saturated heterocycles. The van der Waals surface area contributed by atoms with Crippen molar-refractivity contribution in [3.63, 3.8) is 0 Å². The highest BCUT2D eigenvalue weighted by Gasteiger charge is 2.33. The number of amides is 1. The van der Waals surface area contributed by atoms with Crippen LogP contribution in [0.5, 0.6) is 5.75 Å². The van der Waals surface area contributed by atoms with E-state index in [-0.39, 0.29) is 11.9 Å². The summed E-state index contributed by atoms with van der Waals surface area (Å²) in [7, 11) is 1.64. The van der Waals surface area contributed by atoms with Crippen molar-refractivity contribution < 1.29 is 13.9 Å². The van der Waals surface area contributed by atoms with E-state index in [9.17, 15) is 4.79 Å². The number of oxazole rings is 1. The molecule has 0 saturated carbocycles. The van der Waals surface area contributed by atoms with Gasteiger partial charge >= 0.3 is 0 Å². The third-order valence-electron chi connectivity index (χ3n) is 4.57. The van der Waals surface area contributed by atoms with Gasteiger partial charge in [-0.1, -0.05) is 12.1 Å². The van der Waals surface area contributed by atoms with Crippen molar-refractivity contribution in [2.45, 2.75) is 26.1 Å². The number of nitrogens with zero attached hydrogens (tertiary/aromatic N) is 4. The normalized spacial score (nSPS) is 16.6. The summed E-state index contributed by atoms with van der Waals surface area (Å²) >= 11 is 0. The van der Waals surface area contributed by atoms with Crippen molar-refractivity contribution in [2.24, 2.45) is 0 Å². The summed E-state index contributed by atoms with van der Waals surface area (Å²) in [6, 6.07) is 7.67. The minimum absolute atomic E-state index is 0.115. The maximum Gasteiger partial charge on any atom is 0.277 e. The number of aromatic nitrogens is 3. The Balaban J connectivity index is 1.73. The topological polar surface area (TPSA) is 73.4 Å². The number of hydrogen-bond donors (Lipinski definition) is 0. The number of carbonyl (C=O) groups is 1. The van der Waals surface area contributed by atoms with Crippen LogP contribution in [0.3, 0.4) is 0 Å². The van der Waals surface area contributed by atoms with Gasteiger partial charge in [-0.25, -0.2) is 9.97 Å². The van der Waals surface area contributed by atoms with Crippen molar-refractivity contribution in [1.82, 2.24) is 19.4 Å². The highest BCUT2D eigenvalue weighted by atomic mass is 16.5. The number of ether oxygens (including phenoxy) is 1. The molecule has 0 spiro atoms. The number of benzene rings is 1. The molecule has 1 aliphatic heterocycles. The van der Waals surface area contributed by atoms with Crippen molar-refractivity contribution in [3.8, 4) is 5.75 Å². The molecule has 2 aromatic heterocycles. The van der Waals surface area contributed by atoms with E-state index in [1.807, 2.05) is 30.5 Å². The van der Waals surface area contributed by atoms with E-state index >= 15 is 0 Å². The molecule has 3 aromatic rings. The Morgan fingerprint density at radius 3 is 2.76 bits per heavy atom. The molecular weight excluding hydrogens is 320 g/mol. The minimum Gasteiger partial charge on any atom is -0.497 e. The smallest absolute Gasteiger partial charge is 0.277 e. The molecule has 128 valence electrons. The fourth-order valence-corrected chi connectivity index (χ4v) is 3.18. The summed E-state index contributed by atoms with van der Waals surface area (Å²) in [5.74, 6) is 2.01. The quantitative estimate of drug-likeness (QED) is 0.734.